The molecule has 4 aromatic rings. The van der Waals surface area contributed by atoms with Crippen molar-refractivity contribution in [2.75, 3.05) is 39.3 Å². The summed E-state index contributed by atoms with van der Waals surface area (Å²) in [4.78, 5) is 16.8. The number of nitrogens with one attached hydrogen (secondary N) is 1. The lowest BCUT2D eigenvalue weighted by Gasteiger charge is -2.34. The zero-order valence-corrected chi connectivity index (χ0v) is 19.9. The van der Waals surface area contributed by atoms with Crippen molar-refractivity contribution in [2.24, 2.45) is 0 Å². The number of halogens is 1. The first kappa shape index (κ1) is 23.4. The molecular formula is C27H30FN5O2. The van der Waals surface area contributed by atoms with E-state index in [-0.39, 0.29) is 12.4 Å². The second-order valence-corrected chi connectivity index (χ2v) is 9.04. The number of aliphatic hydroxyl groups excluding tert-OH is 1. The van der Waals surface area contributed by atoms with Crippen molar-refractivity contribution in [1.29, 1.82) is 0 Å². The van der Waals surface area contributed by atoms with Gasteiger partial charge in [0.1, 0.15) is 5.82 Å². The Morgan fingerprint density at radius 2 is 1.83 bits per heavy atom. The van der Waals surface area contributed by atoms with Gasteiger partial charge in [0.2, 0.25) is 5.88 Å². The summed E-state index contributed by atoms with van der Waals surface area (Å²) in [6, 6.07) is 15.3. The van der Waals surface area contributed by atoms with Crippen molar-refractivity contribution in [1.82, 2.24) is 24.8 Å². The maximum atomic E-state index is 14.9. The minimum atomic E-state index is -0.406. The minimum absolute atomic E-state index is 0.141. The number of H-pyrrole nitrogens is 1. The quantitative estimate of drug-likeness (QED) is 0.403. The Labute approximate surface area is 204 Å². The smallest absolute Gasteiger partial charge is 0.222 e. The molecule has 0 unspecified atom stereocenters. The van der Waals surface area contributed by atoms with Crippen LogP contribution in [0.15, 0.2) is 54.7 Å². The van der Waals surface area contributed by atoms with Gasteiger partial charge in [0.15, 0.2) is 11.6 Å². The van der Waals surface area contributed by atoms with Crippen LogP contribution in [0.1, 0.15) is 22.6 Å². The molecule has 0 atom stereocenters. The van der Waals surface area contributed by atoms with E-state index in [2.05, 4.69) is 49.0 Å². The van der Waals surface area contributed by atoms with Crippen molar-refractivity contribution in [3.05, 3.63) is 83.2 Å². The molecule has 1 aliphatic rings. The van der Waals surface area contributed by atoms with E-state index in [1.54, 1.807) is 30.5 Å². The van der Waals surface area contributed by atoms with Crippen LogP contribution >= 0.6 is 0 Å². The van der Waals surface area contributed by atoms with Gasteiger partial charge in [0.25, 0.3) is 0 Å². The Morgan fingerprint density at radius 3 is 2.66 bits per heavy atom. The van der Waals surface area contributed by atoms with Crippen LogP contribution in [0.3, 0.4) is 0 Å². The predicted molar refractivity (Wildman–Crippen MR) is 133 cm³/mol. The van der Waals surface area contributed by atoms with Crippen LogP contribution in [0.25, 0.3) is 10.9 Å². The fraction of sp³-hybridized carbons (Fsp3) is 0.333. The Hall–Kier alpha value is -3.33. The number of piperazine rings is 1. The molecule has 7 nitrogen and oxygen atoms in total. The largest absolute Gasteiger partial charge is 0.436 e. The van der Waals surface area contributed by atoms with Gasteiger partial charge in [-0.15, -0.1) is 0 Å². The van der Waals surface area contributed by atoms with Crippen LogP contribution in [0, 0.1) is 12.7 Å². The second kappa shape index (κ2) is 10.5. The van der Waals surface area contributed by atoms with E-state index >= 15 is 0 Å². The minimum Gasteiger partial charge on any atom is -0.436 e. The lowest BCUT2D eigenvalue weighted by molar-refractivity contribution is 0.108. The average molecular weight is 476 g/mol. The van der Waals surface area contributed by atoms with Crippen LogP contribution in [0.4, 0.5) is 4.39 Å². The molecule has 1 fully saturated rings. The summed E-state index contributed by atoms with van der Waals surface area (Å²) >= 11 is 0. The van der Waals surface area contributed by atoms with Crippen molar-refractivity contribution in [3.63, 3.8) is 0 Å². The molecule has 0 bridgehead atoms. The van der Waals surface area contributed by atoms with Crippen LogP contribution in [0.2, 0.25) is 0 Å². The molecule has 3 heterocycles. The fourth-order valence-corrected chi connectivity index (χ4v) is 4.59. The summed E-state index contributed by atoms with van der Waals surface area (Å²) in [5.41, 5.74) is 4.01. The molecule has 1 aliphatic heterocycles. The van der Waals surface area contributed by atoms with E-state index in [1.165, 1.54) is 5.56 Å². The van der Waals surface area contributed by atoms with Crippen LogP contribution in [0.5, 0.6) is 11.6 Å². The molecule has 0 spiro atoms. The number of aliphatic hydroxyl groups is 1. The highest BCUT2D eigenvalue weighted by molar-refractivity contribution is 5.82. The predicted octanol–water partition coefficient (Wildman–Crippen LogP) is 3.90. The summed E-state index contributed by atoms with van der Waals surface area (Å²) in [5.74, 6) is 0.674. The third-order valence-corrected chi connectivity index (χ3v) is 6.37. The first-order valence-electron chi connectivity index (χ1n) is 12.0. The van der Waals surface area contributed by atoms with E-state index in [4.69, 9.17) is 9.84 Å². The van der Waals surface area contributed by atoms with E-state index in [1.807, 2.05) is 6.92 Å². The number of hydrogen-bond acceptors (Lipinski definition) is 6. The first-order valence-corrected chi connectivity index (χ1v) is 12.0. The highest BCUT2D eigenvalue weighted by Gasteiger charge is 2.17. The van der Waals surface area contributed by atoms with Gasteiger partial charge in [0, 0.05) is 74.5 Å². The molecule has 0 aliphatic carbocycles. The molecule has 2 aromatic carbocycles. The summed E-state index contributed by atoms with van der Waals surface area (Å²) in [6.07, 6.45) is 2.21. The van der Waals surface area contributed by atoms with Gasteiger partial charge in [-0.3, -0.25) is 9.80 Å². The van der Waals surface area contributed by atoms with E-state index in [0.29, 0.717) is 23.5 Å². The fourth-order valence-electron chi connectivity index (χ4n) is 4.59. The molecule has 0 radical (unpaired) electrons. The number of ether oxygens (including phenoxy) is 1. The molecule has 2 N–H and O–H groups in total. The Kier molecular flexibility index (Phi) is 7.03. The van der Waals surface area contributed by atoms with Gasteiger partial charge in [-0.25, -0.2) is 9.37 Å². The molecule has 2 aromatic heterocycles. The zero-order valence-electron chi connectivity index (χ0n) is 19.9. The molecule has 0 amide bonds. The van der Waals surface area contributed by atoms with E-state index < -0.39 is 5.82 Å². The monoisotopic (exact) mass is 475 g/mol. The molecule has 1 saturated heterocycles. The summed E-state index contributed by atoms with van der Waals surface area (Å²) in [7, 11) is 0. The first-order chi connectivity index (χ1) is 17.1. The highest BCUT2D eigenvalue weighted by Crippen LogP contribution is 2.29. The number of nitrogens with zero attached hydrogens (tertiary/aromatic N) is 4. The topological polar surface area (TPSA) is 77.5 Å². The van der Waals surface area contributed by atoms with Crippen molar-refractivity contribution < 1.29 is 14.2 Å². The van der Waals surface area contributed by atoms with Gasteiger partial charge in [0.05, 0.1) is 6.61 Å². The number of benzene rings is 2. The van der Waals surface area contributed by atoms with Gasteiger partial charge in [-0.2, -0.15) is 4.98 Å². The maximum Gasteiger partial charge on any atom is 0.222 e. The third kappa shape index (κ3) is 5.67. The van der Waals surface area contributed by atoms with Crippen LogP contribution in [-0.4, -0.2) is 69.2 Å². The zero-order chi connectivity index (χ0) is 24.2. The van der Waals surface area contributed by atoms with Crippen molar-refractivity contribution in [3.8, 4) is 11.6 Å². The molecule has 5 rings (SSSR count). The lowest BCUT2D eigenvalue weighted by atomic mass is 10.1. The van der Waals surface area contributed by atoms with Crippen LogP contribution in [-0.2, 0) is 13.0 Å². The van der Waals surface area contributed by atoms with Gasteiger partial charge >= 0.3 is 0 Å². The number of fused-ring (bicyclic) bond motifs is 1. The molecule has 8 heteroatoms. The van der Waals surface area contributed by atoms with Crippen molar-refractivity contribution in [2.45, 2.75) is 19.9 Å². The number of hydrogen-bond donors (Lipinski definition) is 2. The highest BCUT2D eigenvalue weighted by atomic mass is 19.1. The van der Waals surface area contributed by atoms with E-state index in [9.17, 15) is 4.39 Å². The van der Waals surface area contributed by atoms with Gasteiger partial charge < -0.3 is 14.8 Å². The second-order valence-electron chi connectivity index (χ2n) is 9.04. The van der Waals surface area contributed by atoms with Crippen molar-refractivity contribution >= 4 is 10.9 Å². The third-order valence-electron chi connectivity index (χ3n) is 6.37. The Bertz CT molecular complexity index is 1300. The number of β-amino-alcohol motifs (C(OH)–C–C–N with tert-alkyl or cyclic N) is 1. The molecule has 0 saturated carbocycles. The number of aromatic nitrogens is 3. The summed E-state index contributed by atoms with van der Waals surface area (Å²) in [6.45, 7) is 7.72. The van der Waals surface area contributed by atoms with Gasteiger partial charge in [-0.1, -0.05) is 24.3 Å². The Balaban J connectivity index is 1.24. The summed E-state index contributed by atoms with van der Waals surface area (Å²) in [5, 5.41) is 9.62. The molecule has 182 valence electrons. The number of aromatic amines is 1. The number of rotatable bonds is 8. The summed E-state index contributed by atoms with van der Waals surface area (Å²) < 4.78 is 20.7. The van der Waals surface area contributed by atoms with Crippen LogP contribution < -0.4 is 4.74 Å². The standard InChI is InChI=1S/C27H30FN5O2/c1-19-15-22-23(30-19)5-6-24(27(22)28)35-26-7-8-29-25(31-26)17-20-3-2-4-21(16-20)18-33-11-9-32(10-12-33)13-14-34/h2-8,15-16,30,34H,9-14,17-18H2,1H3. The SMILES string of the molecule is Cc1cc2c(F)c(Oc3ccnc(Cc4cccc(CN5CCN(CCO)CC5)c4)n3)ccc2[nH]1. The Morgan fingerprint density at radius 1 is 1.03 bits per heavy atom. The lowest BCUT2D eigenvalue weighted by Crippen LogP contribution is -2.46. The van der Waals surface area contributed by atoms with E-state index in [0.717, 1.165) is 56.0 Å². The molecular weight excluding hydrogens is 445 g/mol. The maximum absolute atomic E-state index is 14.9. The van der Waals surface area contributed by atoms with Gasteiger partial charge in [-0.05, 0) is 36.2 Å². The average Bonchev–Trinajstić information content (AvgIpc) is 3.24. The molecule has 35 heavy (non-hydrogen) atoms. The number of aryl methyl sites for hydroxylation is 1. The normalized spacial score (nSPS) is 15.1.